The third kappa shape index (κ3) is 4.36. The number of aromatic amines is 1. The van der Waals surface area contributed by atoms with Gasteiger partial charge < -0.3 is 15.2 Å². The molecule has 0 aliphatic carbocycles. The number of H-pyrrole nitrogens is 1. The molecular weight excluding hydrogens is 504 g/mol. The van der Waals surface area contributed by atoms with Gasteiger partial charge in [-0.3, -0.25) is 14.3 Å². The third-order valence-electron chi connectivity index (χ3n) is 7.42. The third-order valence-corrected chi connectivity index (χ3v) is 8.51. The molecule has 1 aliphatic rings. The quantitative estimate of drug-likeness (QED) is 0.281. The number of hydrogen-bond acceptors (Lipinski definition) is 5. The van der Waals surface area contributed by atoms with E-state index >= 15 is 0 Å². The second-order valence-electron chi connectivity index (χ2n) is 9.85. The summed E-state index contributed by atoms with van der Waals surface area (Å²) >= 11 is 1.40. The van der Waals surface area contributed by atoms with Gasteiger partial charge in [-0.05, 0) is 43.5 Å². The SMILES string of the molecule is C=CC(=C)N1CCC[C@@H](NC(=O)c2sc3nccc4c3c2[nH]c(=C)n4-c2ccnc(-c3ccccc3)c2C)C1. The maximum Gasteiger partial charge on any atom is 0.263 e. The van der Waals surface area contributed by atoms with Crippen LogP contribution in [0.5, 0.6) is 0 Å². The molecule has 8 heteroatoms. The lowest BCUT2D eigenvalue weighted by Gasteiger charge is -2.34. The smallest absolute Gasteiger partial charge is 0.263 e. The molecule has 0 bridgehead atoms. The first-order valence-corrected chi connectivity index (χ1v) is 13.8. The Morgan fingerprint density at radius 2 is 1.97 bits per heavy atom. The summed E-state index contributed by atoms with van der Waals surface area (Å²) in [7, 11) is 0. The maximum absolute atomic E-state index is 13.6. The Morgan fingerprint density at radius 3 is 2.77 bits per heavy atom. The summed E-state index contributed by atoms with van der Waals surface area (Å²) in [6.07, 6.45) is 7.30. The average molecular weight is 535 g/mol. The van der Waals surface area contributed by atoms with Gasteiger partial charge in [0.25, 0.3) is 5.91 Å². The molecule has 0 spiro atoms. The highest BCUT2D eigenvalue weighted by molar-refractivity contribution is 7.21. The number of carbonyl (C=O) groups is 1. The molecule has 1 atom stereocenters. The summed E-state index contributed by atoms with van der Waals surface area (Å²) in [4.78, 5) is 29.9. The fraction of sp³-hybridized carbons (Fsp3) is 0.194. The van der Waals surface area contributed by atoms with E-state index < -0.39 is 0 Å². The highest BCUT2D eigenvalue weighted by Gasteiger charge is 2.26. The van der Waals surface area contributed by atoms with Crippen molar-refractivity contribution < 1.29 is 4.79 Å². The van der Waals surface area contributed by atoms with Crippen LogP contribution in [0.2, 0.25) is 0 Å². The van der Waals surface area contributed by atoms with E-state index in [0.717, 1.165) is 75.4 Å². The van der Waals surface area contributed by atoms with Crippen LogP contribution in [0.4, 0.5) is 0 Å². The molecule has 1 fully saturated rings. The molecule has 1 saturated heterocycles. The molecule has 5 aromatic rings. The molecule has 0 unspecified atom stereocenters. The summed E-state index contributed by atoms with van der Waals surface area (Å²) in [6, 6.07) is 14.2. The van der Waals surface area contributed by atoms with E-state index in [0.29, 0.717) is 10.4 Å². The minimum atomic E-state index is -0.102. The zero-order valence-corrected chi connectivity index (χ0v) is 22.7. The van der Waals surface area contributed by atoms with Crippen LogP contribution in [0.3, 0.4) is 0 Å². The van der Waals surface area contributed by atoms with E-state index in [2.05, 4.69) is 68.5 Å². The summed E-state index contributed by atoms with van der Waals surface area (Å²) in [6.45, 7) is 16.0. The minimum Gasteiger partial charge on any atom is -0.370 e. The summed E-state index contributed by atoms with van der Waals surface area (Å²) < 4.78 is 2.09. The van der Waals surface area contributed by atoms with Crippen LogP contribution in [0.15, 0.2) is 79.8 Å². The van der Waals surface area contributed by atoms with Gasteiger partial charge in [0, 0.05) is 42.8 Å². The average Bonchev–Trinajstić information content (AvgIpc) is 3.33. The van der Waals surface area contributed by atoms with Gasteiger partial charge in [-0.1, -0.05) is 50.1 Å². The van der Waals surface area contributed by atoms with Crippen LogP contribution in [-0.4, -0.2) is 49.5 Å². The molecule has 6 rings (SSSR count). The standard InChI is InChI=1S/C31H30N6OS/c1-5-19(2)36-17-9-12-23(18-36)35-30(38)29-28-26-25(14-16-33-31(26)39-29)37(21(4)34-28)24-13-15-32-27(20(24)3)22-10-7-6-8-11-22/h5-8,10-11,13-16,23,34H,1-2,4,9,12,17-18H2,3H3,(H,35,38)/t23-/m1/s1. The number of piperidine rings is 1. The number of benzene rings is 1. The van der Waals surface area contributed by atoms with Crippen molar-refractivity contribution in [1.29, 1.82) is 0 Å². The van der Waals surface area contributed by atoms with Crippen LogP contribution in [0.1, 0.15) is 28.1 Å². The predicted octanol–water partition coefficient (Wildman–Crippen LogP) is 5.52. The van der Waals surface area contributed by atoms with Crippen LogP contribution in [-0.2, 0) is 0 Å². The van der Waals surface area contributed by atoms with Crippen molar-refractivity contribution >= 4 is 45.1 Å². The molecular formula is C31H30N6OS. The van der Waals surface area contributed by atoms with Gasteiger partial charge in [0.1, 0.15) is 15.2 Å². The molecule has 2 N–H and O–H groups in total. The van der Waals surface area contributed by atoms with Gasteiger partial charge in [0.2, 0.25) is 0 Å². The van der Waals surface area contributed by atoms with Crippen molar-refractivity contribution in [3.8, 4) is 16.9 Å². The first-order chi connectivity index (χ1) is 19.0. The minimum absolute atomic E-state index is 0.0342. The van der Waals surface area contributed by atoms with E-state index in [1.807, 2.05) is 36.5 Å². The second kappa shape index (κ2) is 10.0. The molecule has 0 radical (unpaired) electrons. The van der Waals surface area contributed by atoms with Crippen molar-refractivity contribution in [3.05, 3.63) is 95.7 Å². The lowest BCUT2D eigenvalue weighted by molar-refractivity contribution is 0.0920. The van der Waals surface area contributed by atoms with Crippen LogP contribution < -0.4 is 10.8 Å². The lowest BCUT2D eigenvalue weighted by atomic mass is 10.0. The van der Waals surface area contributed by atoms with Gasteiger partial charge in [-0.15, -0.1) is 11.3 Å². The molecule has 7 nitrogen and oxygen atoms in total. The number of nitrogens with zero attached hydrogens (tertiary/aromatic N) is 4. The molecule has 1 aliphatic heterocycles. The summed E-state index contributed by atoms with van der Waals surface area (Å²) in [5, 5.41) is 4.17. The van der Waals surface area contributed by atoms with Crippen LogP contribution >= 0.6 is 11.3 Å². The number of thiophene rings is 1. The number of carbonyl (C=O) groups excluding carboxylic acids is 1. The van der Waals surface area contributed by atoms with E-state index in [9.17, 15) is 4.79 Å². The van der Waals surface area contributed by atoms with Gasteiger partial charge in [-0.25, -0.2) is 4.98 Å². The predicted molar refractivity (Wildman–Crippen MR) is 160 cm³/mol. The number of allylic oxidation sites excluding steroid dienone is 1. The number of hydrogen-bond donors (Lipinski definition) is 2. The number of aromatic nitrogens is 4. The zero-order chi connectivity index (χ0) is 27.1. The monoisotopic (exact) mass is 534 g/mol. The second-order valence-corrected chi connectivity index (χ2v) is 10.8. The summed E-state index contributed by atoms with van der Waals surface area (Å²) in [5.74, 6) is -0.102. The topological polar surface area (TPSA) is 78.8 Å². The number of amides is 1. The Bertz CT molecular complexity index is 1790. The van der Waals surface area contributed by atoms with E-state index in [4.69, 9.17) is 0 Å². The Balaban J connectivity index is 1.42. The number of pyridine rings is 2. The molecule has 4 aromatic heterocycles. The Hall–Kier alpha value is -4.43. The van der Waals surface area contributed by atoms with Crippen molar-refractivity contribution in [3.63, 3.8) is 0 Å². The first-order valence-electron chi connectivity index (χ1n) is 13.0. The van der Waals surface area contributed by atoms with Crippen molar-refractivity contribution in [2.45, 2.75) is 25.8 Å². The highest BCUT2D eigenvalue weighted by Crippen LogP contribution is 2.35. The Morgan fingerprint density at radius 1 is 1.18 bits per heavy atom. The molecule has 1 amide bonds. The van der Waals surface area contributed by atoms with E-state index in [1.54, 1.807) is 12.3 Å². The van der Waals surface area contributed by atoms with Gasteiger partial charge in [0.05, 0.1) is 27.8 Å². The van der Waals surface area contributed by atoms with Gasteiger partial charge >= 0.3 is 0 Å². The summed E-state index contributed by atoms with van der Waals surface area (Å²) in [5.41, 5.74) is 7.24. The number of rotatable bonds is 6. The van der Waals surface area contributed by atoms with Crippen molar-refractivity contribution in [2.75, 3.05) is 13.1 Å². The fourth-order valence-electron chi connectivity index (χ4n) is 5.48. The van der Waals surface area contributed by atoms with E-state index in [1.165, 1.54) is 11.3 Å². The van der Waals surface area contributed by atoms with Gasteiger partial charge in [-0.2, -0.15) is 0 Å². The maximum atomic E-state index is 13.6. The van der Waals surface area contributed by atoms with Crippen molar-refractivity contribution in [1.82, 2.24) is 29.7 Å². The molecule has 1 aromatic carbocycles. The molecule has 0 saturated carbocycles. The Kier molecular flexibility index (Phi) is 6.40. The van der Waals surface area contributed by atoms with Gasteiger partial charge in [0.15, 0.2) is 0 Å². The highest BCUT2D eigenvalue weighted by atomic mass is 32.1. The number of nitrogens with one attached hydrogen (secondary N) is 2. The lowest BCUT2D eigenvalue weighted by Crippen LogP contribution is -2.46. The first kappa shape index (κ1) is 24.9. The molecule has 39 heavy (non-hydrogen) atoms. The van der Waals surface area contributed by atoms with Crippen LogP contribution in [0.25, 0.3) is 44.8 Å². The van der Waals surface area contributed by atoms with E-state index in [-0.39, 0.29) is 11.9 Å². The fourth-order valence-corrected chi connectivity index (χ4v) is 6.51. The van der Waals surface area contributed by atoms with Crippen molar-refractivity contribution in [2.24, 2.45) is 0 Å². The Labute approximate surface area is 230 Å². The number of likely N-dealkylation sites (tertiary alicyclic amines) is 1. The zero-order valence-electron chi connectivity index (χ0n) is 21.9. The molecule has 5 heterocycles. The normalized spacial score (nSPS) is 15.5. The molecule has 196 valence electrons. The largest absolute Gasteiger partial charge is 0.370 e. The van der Waals surface area contributed by atoms with Crippen LogP contribution in [0, 0.1) is 6.92 Å².